The van der Waals surface area contributed by atoms with Gasteiger partial charge < -0.3 is 5.73 Å². The van der Waals surface area contributed by atoms with Gasteiger partial charge in [0.25, 0.3) is 0 Å². The molecule has 0 saturated heterocycles. The van der Waals surface area contributed by atoms with Gasteiger partial charge in [0.1, 0.15) is 6.33 Å². The molecular formula is C14H23N3. The Morgan fingerprint density at radius 2 is 1.82 bits per heavy atom. The largest absolute Gasteiger partial charge is 0.327 e. The van der Waals surface area contributed by atoms with E-state index in [0.717, 1.165) is 18.8 Å². The molecule has 0 radical (unpaired) electrons. The minimum Gasteiger partial charge on any atom is -0.327 e. The van der Waals surface area contributed by atoms with E-state index >= 15 is 0 Å². The second-order valence-electron chi connectivity index (χ2n) is 6.32. The van der Waals surface area contributed by atoms with E-state index in [2.05, 4.69) is 30.7 Å². The number of hydrogen-bond donors (Lipinski definition) is 1. The molecule has 3 heteroatoms. The highest BCUT2D eigenvalue weighted by molar-refractivity contribution is 5.15. The van der Waals surface area contributed by atoms with Crippen LogP contribution in [0, 0.1) is 11.3 Å². The monoisotopic (exact) mass is 233 g/mol. The molecule has 0 spiro atoms. The number of nitrogens with zero attached hydrogens (tertiary/aromatic N) is 2. The highest BCUT2D eigenvalue weighted by Crippen LogP contribution is 2.43. The summed E-state index contributed by atoms with van der Waals surface area (Å²) < 4.78 is 0. The molecule has 94 valence electrons. The zero-order chi connectivity index (χ0) is 12.5. The highest BCUT2D eigenvalue weighted by atomic mass is 14.8. The maximum Gasteiger partial charge on any atom is 0.115 e. The molecule has 17 heavy (non-hydrogen) atoms. The van der Waals surface area contributed by atoms with E-state index in [0.29, 0.717) is 11.3 Å². The van der Waals surface area contributed by atoms with Gasteiger partial charge in [-0.3, -0.25) is 0 Å². The molecule has 1 aliphatic rings. The van der Waals surface area contributed by atoms with Crippen molar-refractivity contribution in [3.63, 3.8) is 0 Å². The van der Waals surface area contributed by atoms with Crippen molar-refractivity contribution in [1.82, 2.24) is 9.97 Å². The average Bonchev–Trinajstić information content (AvgIpc) is 2.29. The third-order valence-corrected chi connectivity index (χ3v) is 4.14. The van der Waals surface area contributed by atoms with Gasteiger partial charge >= 0.3 is 0 Å². The lowest BCUT2D eigenvalue weighted by molar-refractivity contribution is 0.153. The van der Waals surface area contributed by atoms with Gasteiger partial charge in [0.15, 0.2) is 0 Å². The van der Waals surface area contributed by atoms with E-state index in [1.807, 2.05) is 12.4 Å². The predicted octanol–water partition coefficient (Wildman–Crippen LogP) is 2.73. The van der Waals surface area contributed by atoms with E-state index in [4.69, 9.17) is 5.73 Å². The minimum atomic E-state index is 0.264. The van der Waals surface area contributed by atoms with Gasteiger partial charge in [0.2, 0.25) is 0 Å². The molecule has 0 bridgehead atoms. The van der Waals surface area contributed by atoms with Crippen LogP contribution >= 0.6 is 0 Å². The summed E-state index contributed by atoms with van der Waals surface area (Å²) in [6.07, 6.45) is 8.94. The van der Waals surface area contributed by atoms with Crippen LogP contribution in [0.15, 0.2) is 18.7 Å². The number of rotatable bonds is 1. The summed E-state index contributed by atoms with van der Waals surface area (Å²) in [5.41, 5.74) is 7.83. The lowest BCUT2D eigenvalue weighted by Gasteiger charge is -2.40. The molecule has 3 nitrogen and oxygen atoms in total. The van der Waals surface area contributed by atoms with Gasteiger partial charge in [-0.05, 0) is 36.2 Å². The van der Waals surface area contributed by atoms with Crippen molar-refractivity contribution in [2.75, 3.05) is 0 Å². The van der Waals surface area contributed by atoms with Crippen molar-refractivity contribution >= 4 is 0 Å². The molecule has 1 aliphatic carbocycles. The zero-order valence-electron chi connectivity index (χ0n) is 11.1. The number of aromatic nitrogens is 2. The summed E-state index contributed by atoms with van der Waals surface area (Å²) in [6, 6.07) is 0.264. The fourth-order valence-corrected chi connectivity index (χ4v) is 2.87. The topological polar surface area (TPSA) is 51.8 Å². The Kier molecular flexibility index (Phi) is 3.48. The normalized spacial score (nSPS) is 30.2. The second-order valence-corrected chi connectivity index (χ2v) is 6.32. The van der Waals surface area contributed by atoms with Crippen LogP contribution in [-0.4, -0.2) is 16.0 Å². The molecular weight excluding hydrogens is 210 g/mol. The van der Waals surface area contributed by atoms with Gasteiger partial charge in [-0.25, -0.2) is 9.97 Å². The number of nitrogens with two attached hydrogens (primary N) is 1. The van der Waals surface area contributed by atoms with Gasteiger partial charge in [-0.2, -0.15) is 0 Å². The van der Waals surface area contributed by atoms with Crippen LogP contribution < -0.4 is 5.73 Å². The molecule has 2 N–H and O–H groups in total. The Morgan fingerprint density at radius 1 is 1.18 bits per heavy atom. The molecule has 0 amide bonds. The van der Waals surface area contributed by atoms with Crippen molar-refractivity contribution in [2.45, 2.75) is 52.0 Å². The fourth-order valence-electron chi connectivity index (χ4n) is 2.87. The maximum absolute atomic E-state index is 6.26. The summed E-state index contributed by atoms with van der Waals surface area (Å²) >= 11 is 0. The lowest BCUT2D eigenvalue weighted by atomic mass is 9.66. The summed E-state index contributed by atoms with van der Waals surface area (Å²) in [5, 5.41) is 0. The lowest BCUT2D eigenvalue weighted by Crippen LogP contribution is -2.38. The van der Waals surface area contributed by atoms with Crippen molar-refractivity contribution in [2.24, 2.45) is 17.1 Å². The van der Waals surface area contributed by atoms with Gasteiger partial charge in [-0.1, -0.05) is 20.8 Å². The van der Waals surface area contributed by atoms with Crippen LogP contribution in [-0.2, 0) is 0 Å². The molecule has 0 aromatic carbocycles. The van der Waals surface area contributed by atoms with E-state index < -0.39 is 0 Å². The van der Waals surface area contributed by atoms with Gasteiger partial charge in [-0.15, -0.1) is 0 Å². The Morgan fingerprint density at radius 3 is 2.41 bits per heavy atom. The average molecular weight is 233 g/mol. The minimum absolute atomic E-state index is 0.264. The van der Waals surface area contributed by atoms with E-state index in [1.165, 1.54) is 12.0 Å². The van der Waals surface area contributed by atoms with Crippen LogP contribution in [0.5, 0.6) is 0 Å². The second kappa shape index (κ2) is 4.73. The van der Waals surface area contributed by atoms with Crippen molar-refractivity contribution < 1.29 is 0 Å². The third kappa shape index (κ3) is 2.83. The van der Waals surface area contributed by atoms with Gasteiger partial charge in [0.05, 0.1) is 0 Å². The maximum atomic E-state index is 6.26. The Hall–Kier alpha value is -0.960. The summed E-state index contributed by atoms with van der Waals surface area (Å²) in [6.45, 7) is 6.98. The molecule has 1 saturated carbocycles. The van der Waals surface area contributed by atoms with E-state index in [-0.39, 0.29) is 6.04 Å². The first-order valence-electron chi connectivity index (χ1n) is 6.49. The smallest absolute Gasteiger partial charge is 0.115 e. The molecule has 0 aliphatic heterocycles. The summed E-state index contributed by atoms with van der Waals surface area (Å²) in [7, 11) is 0. The molecule has 1 aromatic rings. The third-order valence-electron chi connectivity index (χ3n) is 4.14. The van der Waals surface area contributed by atoms with Crippen LogP contribution in [0.25, 0.3) is 0 Å². The first-order valence-corrected chi connectivity index (χ1v) is 6.49. The van der Waals surface area contributed by atoms with E-state index in [9.17, 15) is 0 Å². The van der Waals surface area contributed by atoms with Crippen molar-refractivity contribution in [3.8, 4) is 0 Å². The highest BCUT2D eigenvalue weighted by Gasteiger charge is 2.35. The molecule has 1 heterocycles. The summed E-state index contributed by atoms with van der Waals surface area (Å²) in [5.74, 6) is 1.17. The van der Waals surface area contributed by atoms with Crippen LogP contribution in [0.2, 0.25) is 0 Å². The quantitative estimate of drug-likeness (QED) is 0.811. The van der Waals surface area contributed by atoms with Crippen molar-refractivity contribution in [3.05, 3.63) is 24.3 Å². The first-order chi connectivity index (χ1) is 7.98. The summed E-state index contributed by atoms with van der Waals surface area (Å²) in [4.78, 5) is 8.23. The van der Waals surface area contributed by atoms with Crippen molar-refractivity contribution in [1.29, 1.82) is 0 Å². The Bertz CT molecular complexity index is 355. The van der Waals surface area contributed by atoms with Crippen LogP contribution in [0.1, 0.15) is 51.5 Å². The number of hydrogen-bond acceptors (Lipinski definition) is 3. The predicted molar refractivity (Wildman–Crippen MR) is 69.5 cm³/mol. The standard InChI is InChI=1S/C14H23N3/c1-14(2,3)11-4-5-13(15)12(6-11)10-7-16-9-17-8-10/h7-9,11-13H,4-6,15H2,1-3H3. The molecule has 1 fully saturated rings. The molecule has 2 rings (SSSR count). The fraction of sp³-hybridized carbons (Fsp3) is 0.714. The zero-order valence-corrected chi connectivity index (χ0v) is 11.1. The Balaban J connectivity index is 2.16. The SMILES string of the molecule is CC(C)(C)C1CCC(N)C(c2cncnc2)C1. The van der Waals surface area contributed by atoms with Crippen LogP contribution in [0.3, 0.4) is 0 Å². The van der Waals surface area contributed by atoms with Gasteiger partial charge in [0, 0.05) is 24.4 Å². The Labute approximate surface area is 104 Å². The molecule has 1 aromatic heterocycles. The molecule has 3 atom stereocenters. The molecule has 3 unspecified atom stereocenters. The van der Waals surface area contributed by atoms with E-state index in [1.54, 1.807) is 6.33 Å². The first kappa shape index (κ1) is 12.5. The van der Waals surface area contributed by atoms with Crippen LogP contribution in [0.4, 0.5) is 0 Å².